The fourth-order valence-corrected chi connectivity index (χ4v) is 3.89. The zero-order valence-electron chi connectivity index (χ0n) is 20.2. The van der Waals surface area contributed by atoms with Crippen molar-refractivity contribution in [2.75, 3.05) is 53.6 Å². The van der Waals surface area contributed by atoms with Crippen molar-refractivity contribution in [3.05, 3.63) is 54.1 Å². The monoisotopic (exact) mass is 496 g/mol. The number of carbonyl (C=O) groups is 3. The number of hydrogen-bond donors (Lipinski definition) is 0. The summed E-state index contributed by atoms with van der Waals surface area (Å²) in [7, 11) is 2.80. The van der Waals surface area contributed by atoms with Gasteiger partial charge in [0.2, 0.25) is 6.10 Å². The van der Waals surface area contributed by atoms with E-state index in [1.807, 2.05) is 12.1 Å². The van der Waals surface area contributed by atoms with E-state index in [0.29, 0.717) is 54.7 Å². The number of rotatable bonds is 7. The molecule has 0 saturated carbocycles. The van der Waals surface area contributed by atoms with Gasteiger partial charge >= 0.3 is 5.97 Å². The van der Waals surface area contributed by atoms with Crippen LogP contribution in [0.25, 0.3) is 6.08 Å². The van der Waals surface area contributed by atoms with Crippen LogP contribution in [-0.2, 0) is 19.1 Å². The summed E-state index contributed by atoms with van der Waals surface area (Å²) < 4.78 is 27.1. The highest BCUT2D eigenvalue weighted by Crippen LogP contribution is 2.31. The third-order valence-electron chi connectivity index (χ3n) is 5.88. The predicted molar refractivity (Wildman–Crippen MR) is 129 cm³/mol. The number of methoxy groups -OCH3 is 2. The predicted octanol–water partition coefficient (Wildman–Crippen LogP) is 1.77. The molecule has 0 bridgehead atoms. The number of amides is 2. The van der Waals surface area contributed by atoms with Gasteiger partial charge < -0.3 is 33.5 Å². The molecule has 0 spiro atoms. The molecular formula is C26H28N2O8. The van der Waals surface area contributed by atoms with Gasteiger partial charge in [0.25, 0.3) is 11.8 Å². The Morgan fingerprint density at radius 2 is 1.69 bits per heavy atom. The number of esters is 1. The summed E-state index contributed by atoms with van der Waals surface area (Å²) in [5.41, 5.74) is 0.715. The van der Waals surface area contributed by atoms with Crippen molar-refractivity contribution in [3.63, 3.8) is 0 Å². The molecule has 1 saturated heterocycles. The molecule has 190 valence electrons. The zero-order chi connectivity index (χ0) is 25.5. The molecule has 1 atom stereocenters. The van der Waals surface area contributed by atoms with E-state index in [2.05, 4.69) is 4.74 Å². The van der Waals surface area contributed by atoms with E-state index in [4.69, 9.17) is 18.9 Å². The molecule has 0 radical (unpaired) electrons. The Morgan fingerprint density at radius 1 is 0.972 bits per heavy atom. The van der Waals surface area contributed by atoms with Crippen LogP contribution < -0.4 is 18.9 Å². The molecule has 36 heavy (non-hydrogen) atoms. The van der Waals surface area contributed by atoms with E-state index < -0.39 is 12.1 Å². The van der Waals surface area contributed by atoms with Crippen molar-refractivity contribution in [1.82, 2.24) is 9.80 Å². The molecule has 2 heterocycles. The number of hydrogen-bond acceptors (Lipinski definition) is 8. The minimum atomic E-state index is -0.705. The number of para-hydroxylation sites is 2. The van der Waals surface area contributed by atoms with Crippen LogP contribution in [0.5, 0.6) is 23.0 Å². The average molecular weight is 497 g/mol. The second-order valence-electron chi connectivity index (χ2n) is 8.13. The van der Waals surface area contributed by atoms with Crippen LogP contribution in [0, 0.1) is 0 Å². The molecule has 2 aliphatic rings. The van der Waals surface area contributed by atoms with Crippen molar-refractivity contribution < 1.29 is 38.1 Å². The van der Waals surface area contributed by atoms with Crippen LogP contribution in [0.2, 0.25) is 0 Å². The van der Waals surface area contributed by atoms with Crippen molar-refractivity contribution in [2.45, 2.75) is 6.10 Å². The van der Waals surface area contributed by atoms with Crippen LogP contribution in [0.4, 0.5) is 0 Å². The quantitative estimate of drug-likeness (QED) is 0.422. The van der Waals surface area contributed by atoms with Crippen LogP contribution in [0.3, 0.4) is 0 Å². The lowest BCUT2D eigenvalue weighted by Gasteiger charge is -2.37. The Labute approximate surface area is 208 Å². The van der Waals surface area contributed by atoms with Gasteiger partial charge in [-0.15, -0.1) is 0 Å². The molecule has 1 fully saturated rings. The first kappa shape index (κ1) is 24.9. The summed E-state index contributed by atoms with van der Waals surface area (Å²) in [4.78, 5) is 40.2. The normalized spacial score (nSPS) is 17.0. The van der Waals surface area contributed by atoms with E-state index in [1.54, 1.807) is 46.2 Å². The van der Waals surface area contributed by atoms with Crippen LogP contribution in [0.15, 0.2) is 48.5 Å². The molecule has 2 aromatic carbocycles. The molecular weight excluding hydrogens is 468 g/mol. The summed E-state index contributed by atoms with van der Waals surface area (Å²) in [5, 5.41) is 0. The van der Waals surface area contributed by atoms with Crippen molar-refractivity contribution in [1.29, 1.82) is 0 Å². The highest BCUT2D eigenvalue weighted by atomic mass is 16.6. The lowest BCUT2D eigenvalue weighted by Crippen LogP contribution is -2.55. The fraction of sp³-hybridized carbons (Fsp3) is 0.346. The van der Waals surface area contributed by atoms with Crippen LogP contribution >= 0.6 is 0 Å². The third-order valence-corrected chi connectivity index (χ3v) is 5.88. The minimum absolute atomic E-state index is 0.154. The number of nitrogens with zero attached hydrogens (tertiary/aromatic N) is 2. The second kappa shape index (κ2) is 11.5. The molecule has 1 unspecified atom stereocenters. The molecule has 0 aromatic heterocycles. The lowest BCUT2D eigenvalue weighted by atomic mass is 10.2. The Morgan fingerprint density at radius 3 is 2.42 bits per heavy atom. The minimum Gasteiger partial charge on any atom is -0.493 e. The Balaban J connectivity index is 1.26. The number of benzene rings is 2. The van der Waals surface area contributed by atoms with Gasteiger partial charge in [-0.05, 0) is 35.9 Å². The van der Waals surface area contributed by atoms with Gasteiger partial charge in [-0.25, -0.2) is 4.79 Å². The largest absolute Gasteiger partial charge is 0.493 e. The van der Waals surface area contributed by atoms with E-state index in [-0.39, 0.29) is 25.0 Å². The van der Waals surface area contributed by atoms with Gasteiger partial charge in [-0.1, -0.05) is 18.2 Å². The number of ether oxygens (including phenoxy) is 5. The maximum Gasteiger partial charge on any atom is 0.330 e. The van der Waals surface area contributed by atoms with Crippen molar-refractivity contribution >= 4 is 23.9 Å². The van der Waals surface area contributed by atoms with Crippen LogP contribution in [0.1, 0.15) is 5.56 Å². The maximum atomic E-state index is 12.9. The van der Waals surface area contributed by atoms with E-state index in [1.165, 1.54) is 20.3 Å². The van der Waals surface area contributed by atoms with Gasteiger partial charge in [-0.2, -0.15) is 0 Å². The maximum absolute atomic E-state index is 12.9. The molecule has 10 heteroatoms. The van der Waals surface area contributed by atoms with E-state index >= 15 is 0 Å². The first-order valence-electron chi connectivity index (χ1n) is 11.5. The number of piperazine rings is 1. The smallest absolute Gasteiger partial charge is 0.330 e. The average Bonchev–Trinajstić information content (AvgIpc) is 2.94. The number of carbonyl (C=O) groups excluding carboxylic acids is 3. The molecule has 0 N–H and O–H groups in total. The Kier molecular flexibility index (Phi) is 7.94. The van der Waals surface area contributed by atoms with Gasteiger partial charge in [-0.3, -0.25) is 9.59 Å². The van der Waals surface area contributed by atoms with Gasteiger partial charge in [0.05, 0.1) is 14.2 Å². The molecule has 4 rings (SSSR count). The Hall–Kier alpha value is -4.21. The summed E-state index contributed by atoms with van der Waals surface area (Å²) in [6.07, 6.45) is 2.19. The number of fused-ring (bicyclic) bond motifs is 1. The topological polar surface area (TPSA) is 104 Å². The van der Waals surface area contributed by atoms with E-state index in [0.717, 1.165) is 0 Å². The standard InChI is InChI=1S/C26H28N2O8/c1-32-22-15-18(8-10-25(30)33-2)7-9-20(22)35-17-24(29)27-11-13-28(14-12-27)26(31)23-16-34-19-5-3-4-6-21(19)36-23/h3-10,15,23H,11-14,16-17H2,1-2H3/b10-8+. The zero-order valence-corrected chi connectivity index (χ0v) is 20.2. The first-order valence-corrected chi connectivity index (χ1v) is 11.5. The van der Waals surface area contributed by atoms with Crippen molar-refractivity contribution in [2.24, 2.45) is 0 Å². The summed E-state index contributed by atoms with van der Waals surface area (Å²) >= 11 is 0. The second-order valence-corrected chi connectivity index (χ2v) is 8.13. The molecule has 2 aliphatic heterocycles. The highest BCUT2D eigenvalue weighted by Gasteiger charge is 2.33. The summed E-state index contributed by atoms with van der Waals surface area (Å²) in [6, 6.07) is 12.3. The Bertz CT molecular complexity index is 1140. The highest BCUT2D eigenvalue weighted by molar-refractivity contribution is 5.87. The molecule has 2 amide bonds. The van der Waals surface area contributed by atoms with Crippen molar-refractivity contribution in [3.8, 4) is 23.0 Å². The third kappa shape index (κ3) is 5.88. The van der Waals surface area contributed by atoms with Gasteiger partial charge in [0.1, 0.15) is 6.61 Å². The summed E-state index contributed by atoms with van der Waals surface area (Å²) in [6.45, 7) is 1.58. The first-order chi connectivity index (χ1) is 17.5. The molecule has 10 nitrogen and oxygen atoms in total. The van der Waals surface area contributed by atoms with Gasteiger partial charge in [0.15, 0.2) is 29.6 Å². The van der Waals surface area contributed by atoms with Crippen LogP contribution in [-0.4, -0.2) is 87.3 Å². The van der Waals surface area contributed by atoms with E-state index in [9.17, 15) is 14.4 Å². The lowest BCUT2D eigenvalue weighted by molar-refractivity contribution is -0.146. The van der Waals surface area contributed by atoms with Gasteiger partial charge in [0, 0.05) is 32.3 Å². The molecule has 0 aliphatic carbocycles. The molecule has 2 aromatic rings. The fourth-order valence-electron chi connectivity index (χ4n) is 3.89. The SMILES string of the molecule is COC(=O)/C=C/c1ccc(OCC(=O)N2CCN(C(=O)C3COc4ccccc4O3)CC2)c(OC)c1. The summed E-state index contributed by atoms with van der Waals surface area (Å²) in [5.74, 6) is 1.21.